The van der Waals surface area contributed by atoms with E-state index in [-0.39, 0.29) is 11.6 Å². The molecule has 3 rings (SSSR count). The zero-order valence-electron chi connectivity index (χ0n) is 11.7. The Morgan fingerprint density at radius 3 is 2.73 bits per heavy atom. The fraction of sp³-hybridized carbons (Fsp3) is 0.125. The second-order valence-electron chi connectivity index (χ2n) is 4.68. The first-order valence-electron chi connectivity index (χ1n) is 6.71. The van der Waals surface area contributed by atoms with Gasteiger partial charge >= 0.3 is 0 Å². The van der Waals surface area contributed by atoms with Crippen LogP contribution in [0.15, 0.2) is 58.2 Å². The van der Waals surface area contributed by atoms with Crippen LogP contribution >= 0.6 is 11.8 Å². The fourth-order valence-corrected chi connectivity index (χ4v) is 2.66. The lowest BCUT2D eigenvalue weighted by molar-refractivity contribution is -0.115. The van der Waals surface area contributed by atoms with Crippen molar-refractivity contribution in [3.63, 3.8) is 0 Å². The number of carbonyl (C=O) groups excluding carboxylic acids is 1. The number of hydrogen-bond donors (Lipinski definition) is 1. The highest BCUT2D eigenvalue weighted by Crippen LogP contribution is 2.27. The third kappa shape index (κ3) is 3.12. The van der Waals surface area contributed by atoms with Crippen LogP contribution in [-0.2, 0) is 4.79 Å². The summed E-state index contributed by atoms with van der Waals surface area (Å²) >= 11 is 1.19. The van der Waals surface area contributed by atoms with E-state index in [0.29, 0.717) is 10.8 Å². The third-order valence-corrected chi connectivity index (χ3v) is 4.00. The number of hydrogen-bond acceptors (Lipinski definition) is 4. The van der Waals surface area contributed by atoms with Crippen molar-refractivity contribution < 1.29 is 13.6 Å². The average molecular weight is 316 g/mol. The van der Waals surface area contributed by atoms with Crippen LogP contribution in [0.2, 0.25) is 0 Å². The number of aromatic nitrogens is 1. The highest BCUT2D eigenvalue weighted by Gasteiger charge is 2.19. The van der Waals surface area contributed by atoms with Crippen molar-refractivity contribution in [3.8, 4) is 0 Å². The van der Waals surface area contributed by atoms with Crippen molar-refractivity contribution in [1.82, 2.24) is 4.98 Å². The molecule has 0 aliphatic rings. The maximum Gasteiger partial charge on any atom is 0.257 e. The summed E-state index contributed by atoms with van der Waals surface area (Å²) in [4.78, 5) is 16.4. The van der Waals surface area contributed by atoms with Crippen molar-refractivity contribution in [3.05, 3.63) is 54.3 Å². The van der Waals surface area contributed by atoms with E-state index in [1.165, 1.54) is 23.9 Å². The Balaban J connectivity index is 1.69. The van der Waals surface area contributed by atoms with Crippen molar-refractivity contribution in [2.24, 2.45) is 0 Å². The van der Waals surface area contributed by atoms with Gasteiger partial charge in [-0.3, -0.25) is 4.79 Å². The lowest BCUT2D eigenvalue weighted by Gasteiger charge is -2.10. The number of anilines is 1. The summed E-state index contributed by atoms with van der Waals surface area (Å²) in [5.74, 6) is -0.771. The van der Waals surface area contributed by atoms with Gasteiger partial charge in [0, 0.05) is 0 Å². The number of benzene rings is 2. The summed E-state index contributed by atoms with van der Waals surface area (Å²) in [5.41, 5.74) is 1.58. The van der Waals surface area contributed by atoms with Crippen LogP contribution < -0.4 is 5.32 Å². The van der Waals surface area contributed by atoms with Gasteiger partial charge in [0.2, 0.25) is 5.91 Å². The molecule has 1 heterocycles. The summed E-state index contributed by atoms with van der Waals surface area (Å²) in [5, 5.41) is 2.51. The SMILES string of the molecule is C[C@@H](Sc1nc2ccccc2o1)C(=O)Nc1ccccc1F. The molecule has 1 aromatic heterocycles. The molecule has 1 amide bonds. The zero-order valence-corrected chi connectivity index (χ0v) is 12.6. The van der Waals surface area contributed by atoms with Crippen molar-refractivity contribution in [2.75, 3.05) is 5.32 Å². The molecule has 2 aromatic carbocycles. The molecule has 0 saturated carbocycles. The van der Waals surface area contributed by atoms with E-state index in [4.69, 9.17) is 4.42 Å². The number of carbonyl (C=O) groups is 1. The summed E-state index contributed by atoms with van der Waals surface area (Å²) in [6, 6.07) is 13.4. The minimum atomic E-state index is -0.465. The number of thioether (sulfide) groups is 1. The second-order valence-corrected chi connectivity index (χ2v) is 5.97. The smallest absolute Gasteiger partial charge is 0.257 e. The molecule has 0 aliphatic carbocycles. The summed E-state index contributed by atoms with van der Waals surface area (Å²) in [6.45, 7) is 1.72. The molecule has 112 valence electrons. The molecule has 1 atom stereocenters. The summed E-state index contributed by atoms with van der Waals surface area (Å²) in [7, 11) is 0. The highest BCUT2D eigenvalue weighted by atomic mass is 32.2. The first kappa shape index (κ1) is 14.6. The maximum absolute atomic E-state index is 13.5. The lowest BCUT2D eigenvalue weighted by Crippen LogP contribution is -2.22. The van der Waals surface area contributed by atoms with E-state index >= 15 is 0 Å². The molecular weight excluding hydrogens is 303 g/mol. The molecule has 1 N–H and O–H groups in total. The van der Waals surface area contributed by atoms with Crippen LogP contribution in [0.1, 0.15) is 6.92 Å². The van der Waals surface area contributed by atoms with E-state index in [1.807, 2.05) is 24.3 Å². The molecule has 4 nitrogen and oxygen atoms in total. The molecule has 0 spiro atoms. The Morgan fingerprint density at radius 1 is 1.23 bits per heavy atom. The van der Waals surface area contributed by atoms with Gasteiger partial charge in [-0.25, -0.2) is 9.37 Å². The number of nitrogens with zero attached hydrogens (tertiary/aromatic N) is 1. The molecule has 0 saturated heterocycles. The zero-order chi connectivity index (χ0) is 15.5. The molecule has 22 heavy (non-hydrogen) atoms. The molecule has 6 heteroatoms. The normalized spacial score (nSPS) is 12.3. The van der Waals surface area contributed by atoms with E-state index < -0.39 is 11.1 Å². The third-order valence-electron chi connectivity index (χ3n) is 3.05. The predicted octanol–water partition coefficient (Wildman–Crippen LogP) is 4.09. The van der Waals surface area contributed by atoms with Gasteiger partial charge in [-0.15, -0.1) is 0 Å². The van der Waals surface area contributed by atoms with Crippen LogP contribution in [0.4, 0.5) is 10.1 Å². The molecule has 0 aliphatic heterocycles. The quantitative estimate of drug-likeness (QED) is 0.737. The van der Waals surface area contributed by atoms with Crippen molar-refractivity contribution in [1.29, 1.82) is 0 Å². The average Bonchev–Trinajstić information content (AvgIpc) is 2.91. The molecule has 0 unspecified atom stereocenters. The largest absolute Gasteiger partial charge is 0.431 e. The predicted molar refractivity (Wildman–Crippen MR) is 84.4 cm³/mol. The van der Waals surface area contributed by atoms with Gasteiger partial charge in [0.05, 0.1) is 10.9 Å². The minimum absolute atomic E-state index is 0.164. The standard InChI is InChI=1S/C16H13FN2O2S/c1-10(15(20)18-12-7-3-2-6-11(12)17)22-16-19-13-8-4-5-9-14(13)21-16/h2-10H,1H3,(H,18,20)/t10-/m1/s1. The second kappa shape index (κ2) is 6.19. The number of nitrogens with one attached hydrogen (secondary N) is 1. The van der Waals surface area contributed by atoms with Gasteiger partial charge in [0.25, 0.3) is 5.22 Å². The molecule has 3 aromatic rings. The number of amides is 1. The van der Waals surface area contributed by atoms with E-state index in [0.717, 1.165) is 5.52 Å². The van der Waals surface area contributed by atoms with Gasteiger partial charge in [0.1, 0.15) is 11.3 Å². The van der Waals surface area contributed by atoms with Crippen molar-refractivity contribution in [2.45, 2.75) is 17.4 Å². The van der Waals surface area contributed by atoms with Crippen LogP contribution in [0.3, 0.4) is 0 Å². The minimum Gasteiger partial charge on any atom is -0.431 e. The van der Waals surface area contributed by atoms with Gasteiger partial charge in [-0.2, -0.15) is 0 Å². The Morgan fingerprint density at radius 2 is 1.95 bits per heavy atom. The first-order chi connectivity index (χ1) is 10.6. The Bertz CT molecular complexity index is 786. The number of rotatable bonds is 4. The van der Waals surface area contributed by atoms with Crippen molar-refractivity contribution >= 4 is 34.5 Å². The van der Waals surface area contributed by atoms with Gasteiger partial charge < -0.3 is 9.73 Å². The maximum atomic E-state index is 13.5. The van der Waals surface area contributed by atoms with Gasteiger partial charge in [-0.05, 0) is 31.2 Å². The number of oxazole rings is 1. The molecule has 0 radical (unpaired) electrons. The Labute approximate surface area is 130 Å². The van der Waals surface area contributed by atoms with Crippen LogP contribution in [-0.4, -0.2) is 16.1 Å². The first-order valence-corrected chi connectivity index (χ1v) is 7.59. The van der Waals surface area contributed by atoms with Crippen LogP contribution in [0, 0.1) is 5.82 Å². The lowest BCUT2D eigenvalue weighted by atomic mass is 10.3. The Hall–Kier alpha value is -2.34. The monoisotopic (exact) mass is 316 g/mol. The molecular formula is C16H13FN2O2S. The van der Waals surface area contributed by atoms with Crippen LogP contribution in [0.5, 0.6) is 0 Å². The van der Waals surface area contributed by atoms with E-state index in [1.54, 1.807) is 19.1 Å². The summed E-state index contributed by atoms with van der Waals surface area (Å²) in [6.07, 6.45) is 0. The topological polar surface area (TPSA) is 55.1 Å². The van der Waals surface area contributed by atoms with E-state index in [9.17, 15) is 9.18 Å². The summed E-state index contributed by atoms with van der Waals surface area (Å²) < 4.78 is 19.1. The fourth-order valence-electron chi connectivity index (χ4n) is 1.90. The van der Waals surface area contributed by atoms with E-state index in [2.05, 4.69) is 10.3 Å². The number of halogens is 1. The number of para-hydroxylation sites is 3. The van der Waals surface area contributed by atoms with Gasteiger partial charge in [0.15, 0.2) is 5.58 Å². The Kier molecular flexibility index (Phi) is 4.11. The van der Waals surface area contributed by atoms with Gasteiger partial charge in [-0.1, -0.05) is 36.0 Å². The van der Waals surface area contributed by atoms with Crippen LogP contribution in [0.25, 0.3) is 11.1 Å². The number of fused-ring (bicyclic) bond motifs is 1. The highest BCUT2D eigenvalue weighted by molar-refractivity contribution is 8.00. The molecule has 0 bridgehead atoms. The molecule has 0 fully saturated rings.